The molecule has 1 aliphatic rings. The van der Waals surface area contributed by atoms with E-state index in [9.17, 15) is 0 Å². The van der Waals surface area contributed by atoms with Crippen LogP contribution in [0.4, 0.5) is 29.0 Å². The van der Waals surface area contributed by atoms with Crippen LogP contribution in [0.5, 0.6) is 0 Å². The topological polar surface area (TPSA) is 85.3 Å². The van der Waals surface area contributed by atoms with Gasteiger partial charge in [-0.2, -0.15) is 9.97 Å². The maximum absolute atomic E-state index is 9.03. The molecule has 1 aromatic heterocycles. The Labute approximate surface area is 146 Å². The van der Waals surface area contributed by atoms with E-state index in [1.807, 2.05) is 24.3 Å². The zero-order chi connectivity index (χ0) is 17.1. The molecule has 1 aromatic carbocycles. The molecule has 2 heterocycles. The molecule has 0 amide bonds. The van der Waals surface area contributed by atoms with Crippen LogP contribution >= 0.6 is 11.6 Å². The van der Waals surface area contributed by atoms with Gasteiger partial charge in [-0.15, -0.1) is 0 Å². The summed E-state index contributed by atoms with van der Waals surface area (Å²) < 4.78 is 0. The van der Waals surface area contributed by atoms with Crippen LogP contribution in [0.2, 0.25) is 5.02 Å². The Morgan fingerprint density at radius 3 is 2.83 bits per heavy atom. The second-order valence-corrected chi connectivity index (χ2v) is 6.16. The summed E-state index contributed by atoms with van der Waals surface area (Å²) in [7, 11) is 0. The molecule has 24 heavy (non-hydrogen) atoms. The number of hydrogen-bond donors (Lipinski definition) is 4. The van der Waals surface area contributed by atoms with Gasteiger partial charge < -0.3 is 26.0 Å². The Morgan fingerprint density at radius 2 is 2.12 bits per heavy atom. The van der Waals surface area contributed by atoms with Crippen molar-refractivity contribution in [3.63, 3.8) is 0 Å². The van der Waals surface area contributed by atoms with Gasteiger partial charge in [0.15, 0.2) is 11.6 Å². The van der Waals surface area contributed by atoms with Gasteiger partial charge in [-0.3, -0.25) is 0 Å². The normalized spacial score (nSPS) is 13.0. The van der Waals surface area contributed by atoms with Crippen LogP contribution in [0, 0.1) is 0 Å². The number of nitrogens with zero attached hydrogens (tertiary/aromatic N) is 3. The zero-order valence-corrected chi connectivity index (χ0v) is 14.4. The quantitative estimate of drug-likeness (QED) is 0.638. The number of fused-ring (bicyclic) bond motifs is 1. The van der Waals surface area contributed by atoms with E-state index in [1.54, 1.807) is 0 Å². The van der Waals surface area contributed by atoms with Gasteiger partial charge in [-0.1, -0.05) is 23.7 Å². The number of para-hydroxylation sites is 1. The zero-order valence-electron chi connectivity index (χ0n) is 13.7. The van der Waals surface area contributed by atoms with E-state index in [0.29, 0.717) is 36.0 Å². The molecular formula is C16H21ClN6O. The summed E-state index contributed by atoms with van der Waals surface area (Å²) in [6, 6.07) is 7.81. The lowest BCUT2D eigenvalue weighted by Crippen LogP contribution is -2.30. The number of aliphatic hydroxyl groups is 1. The molecule has 0 radical (unpaired) electrons. The molecule has 0 fully saturated rings. The SMILES string of the molecule is CC(C)N1CNc2c(Nc3ccccc3Cl)nc(NCCO)nc21. The van der Waals surface area contributed by atoms with Gasteiger partial charge in [0.25, 0.3) is 0 Å². The Balaban J connectivity index is 2.00. The molecule has 7 nitrogen and oxygen atoms in total. The fourth-order valence-electron chi connectivity index (χ4n) is 2.51. The molecule has 0 spiro atoms. The summed E-state index contributed by atoms with van der Waals surface area (Å²) in [6.07, 6.45) is 0. The molecule has 0 saturated carbocycles. The highest BCUT2D eigenvalue weighted by molar-refractivity contribution is 6.33. The van der Waals surface area contributed by atoms with Crippen LogP contribution in [0.3, 0.4) is 0 Å². The molecule has 0 unspecified atom stereocenters. The first-order valence-corrected chi connectivity index (χ1v) is 8.26. The first-order chi connectivity index (χ1) is 11.6. The van der Waals surface area contributed by atoms with Crippen molar-refractivity contribution in [2.75, 3.05) is 40.7 Å². The highest BCUT2D eigenvalue weighted by Crippen LogP contribution is 2.39. The van der Waals surface area contributed by atoms with E-state index in [-0.39, 0.29) is 6.61 Å². The third-order valence-corrected chi connectivity index (χ3v) is 4.06. The summed E-state index contributed by atoms with van der Waals surface area (Å²) in [6.45, 7) is 5.30. The molecule has 1 aliphatic heterocycles. The van der Waals surface area contributed by atoms with E-state index >= 15 is 0 Å². The summed E-state index contributed by atoms with van der Waals surface area (Å²) >= 11 is 6.24. The monoisotopic (exact) mass is 348 g/mol. The van der Waals surface area contributed by atoms with Gasteiger partial charge in [0, 0.05) is 12.6 Å². The van der Waals surface area contributed by atoms with E-state index in [0.717, 1.165) is 17.2 Å². The molecule has 0 aliphatic carbocycles. The lowest BCUT2D eigenvalue weighted by atomic mass is 10.3. The third kappa shape index (κ3) is 3.32. The Kier molecular flexibility index (Phi) is 4.92. The molecule has 0 bridgehead atoms. The average molecular weight is 349 g/mol. The standard InChI is InChI=1S/C16H21ClN6O/c1-10(2)23-9-19-13-14(20-12-6-4-3-5-11(12)17)21-16(18-7-8-24)22-15(13)23/h3-6,10,19,24H,7-9H2,1-2H3,(H2,18,20,21,22). The maximum atomic E-state index is 9.03. The van der Waals surface area contributed by atoms with Crippen molar-refractivity contribution in [3.8, 4) is 0 Å². The lowest BCUT2D eigenvalue weighted by molar-refractivity contribution is 0.311. The number of anilines is 5. The van der Waals surface area contributed by atoms with Gasteiger partial charge >= 0.3 is 0 Å². The highest BCUT2D eigenvalue weighted by Gasteiger charge is 2.27. The van der Waals surface area contributed by atoms with Crippen LogP contribution in [-0.4, -0.2) is 40.9 Å². The van der Waals surface area contributed by atoms with Gasteiger partial charge in [-0.25, -0.2) is 0 Å². The summed E-state index contributed by atoms with van der Waals surface area (Å²) in [5, 5.41) is 19.3. The second-order valence-electron chi connectivity index (χ2n) is 5.75. The third-order valence-electron chi connectivity index (χ3n) is 3.73. The number of nitrogens with one attached hydrogen (secondary N) is 3. The van der Waals surface area contributed by atoms with E-state index in [4.69, 9.17) is 16.7 Å². The highest BCUT2D eigenvalue weighted by atomic mass is 35.5. The summed E-state index contributed by atoms with van der Waals surface area (Å²) in [4.78, 5) is 11.2. The predicted octanol–water partition coefficient (Wildman–Crippen LogP) is 2.88. The van der Waals surface area contributed by atoms with E-state index in [1.165, 1.54) is 0 Å². The van der Waals surface area contributed by atoms with E-state index in [2.05, 4.69) is 44.7 Å². The van der Waals surface area contributed by atoms with Crippen LogP contribution in [0.1, 0.15) is 13.8 Å². The molecule has 0 saturated heterocycles. The fourth-order valence-corrected chi connectivity index (χ4v) is 2.70. The minimum absolute atomic E-state index is 0.0138. The van der Waals surface area contributed by atoms with Gasteiger partial charge in [0.05, 0.1) is 24.0 Å². The molecule has 4 N–H and O–H groups in total. The maximum Gasteiger partial charge on any atom is 0.226 e. The van der Waals surface area contributed by atoms with Crippen LogP contribution in [0.15, 0.2) is 24.3 Å². The number of benzene rings is 1. The van der Waals surface area contributed by atoms with E-state index < -0.39 is 0 Å². The molecule has 2 aromatic rings. The number of rotatable bonds is 6. The minimum atomic E-state index is 0.0138. The Hall–Kier alpha value is -2.25. The van der Waals surface area contributed by atoms with Crippen molar-refractivity contribution in [2.24, 2.45) is 0 Å². The fraction of sp³-hybridized carbons (Fsp3) is 0.375. The van der Waals surface area contributed by atoms with Crippen molar-refractivity contribution in [1.29, 1.82) is 0 Å². The van der Waals surface area contributed by atoms with Crippen molar-refractivity contribution in [1.82, 2.24) is 9.97 Å². The smallest absolute Gasteiger partial charge is 0.226 e. The molecule has 0 atom stereocenters. The lowest BCUT2D eigenvalue weighted by Gasteiger charge is -2.22. The number of aliphatic hydroxyl groups excluding tert-OH is 1. The summed E-state index contributed by atoms with van der Waals surface area (Å²) in [5.74, 6) is 1.94. The average Bonchev–Trinajstić information content (AvgIpc) is 2.99. The van der Waals surface area contributed by atoms with Crippen LogP contribution < -0.4 is 20.9 Å². The molecule has 128 valence electrons. The van der Waals surface area contributed by atoms with Crippen LogP contribution in [-0.2, 0) is 0 Å². The molecule has 8 heteroatoms. The van der Waals surface area contributed by atoms with Gasteiger partial charge in [0.1, 0.15) is 5.69 Å². The van der Waals surface area contributed by atoms with Gasteiger partial charge in [0.2, 0.25) is 5.95 Å². The summed E-state index contributed by atoms with van der Waals surface area (Å²) in [5.41, 5.74) is 1.62. The largest absolute Gasteiger partial charge is 0.395 e. The number of halogens is 1. The molecule has 3 rings (SSSR count). The Morgan fingerprint density at radius 1 is 1.33 bits per heavy atom. The van der Waals surface area contributed by atoms with Crippen molar-refractivity contribution in [3.05, 3.63) is 29.3 Å². The number of hydrogen-bond acceptors (Lipinski definition) is 7. The van der Waals surface area contributed by atoms with Crippen molar-refractivity contribution in [2.45, 2.75) is 19.9 Å². The predicted molar refractivity (Wildman–Crippen MR) is 98.4 cm³/mol. The first-order valence-electron chi connectivity index (χ1n) is 7.89. The van der Waals surface area contributed by atoms with Crippen molar-refractivity contribution >= 4 is 40.6 Å². The Bertz CT molecular complexity index is 724. The van der Waals surface area contributed by atoms with Crippen molar-refractivity contribution < 1.29 is 5.11 Å². The number of aromatic nitrogens is 2. The second kappa shape index (κ2) is 7.11. The van der Waals surface area contributed by atoms with Crippen LogP contribution in [0.25, 0.3) is 0 Å². The molecular weight excluding hydrogens is 328 g/mol. The first kappa shape index (κ1) is 16.6. The van der Waals surface area contributed by atoms with Gasteiger partial charge in [-0.05, 0) is 26.0 Å². The minimum Gasteiger partial charge on any atom is -0.395 e.